The Kier molecular flexibility index (Phi) is 4.30. The van der Waals surface area contributed by atoms with Crippen LogP contribution in [0.2, 0.25) is 0 Å². The van der Waals surface area contributed by atoms with Gasteiger partial charge in [0.05, 0.1) is 7.11 Å². The summed E-state index contributed by atoms with van der Waals surface area (Å²) in [5.41, 5.74) is 0. The third-order valence-corrected chi connectivity index (χ3v) is 1.85. The highest BCUT2D eigenvalue weighted by Crippen LogP contribution is 2.08. The molecule has 84 valence electrons. The van der Waals surface area contributed by atoms with Crippen LogP contribution in [0.1, 0.15) is 6.92 Å². The minimum absolute atomic E-state index is 0.298. The van der Waals surface area contributed by atoms with Crippen LogP contribution in [0.4, 0.5) is 5.95 Å². The van der Waals surface area contributed by atoms with E-state index in [0.717, 1.165) is 6.54 Å². The summed E-state index contributed by atoms with van der Waals surface area (Å²) in [6.45, 7) is 3.02. The molecule has 1 unspecified atom stereocenters. The topological polar surface area (TPSA) is 50.3 Å². The van der Waals surface area contributed by atoms with Gasteiger partial charge in [-0.3, -0.25) is 0 Å². The van der Waals surface area contributed by atoms with Gasteiger partial charge in [0, 0.05) is 24.8 Å². The molecule has 1 aromatic heterocycles. The van der Waals surface area contributed by atoms with Crippen molar-refractivity contribution in [3.8, 4) is 5.88 Å². The molecule has 1 aromatic rings. The quantitative estimate of drug-likeness (QED) is 0.780. The number of ether oxygens (including phenoxy) is 1. The molecule has 5 heteroatoms. The van der Waals surface area contributed by atoms with Gasteiger partial charge in [-0.1, -0.05) is 0 Å². The smallest absolute Gasteiger partial charge is 0.226 e. The van der Waals surface area contributed by atoms with Crippen molar-refractivity contribution in [3.05, 3.63) is 12.3 Å². The average Bonchev–Trinajstić information content (AvgIpc) is 2.16. The number of hydrogen-bond acceptors (Lipinski definition) is 5. The molecular weight excluding hydrogens is 192 g/mol. The van der Waals surface area contributed by atoms with E-state index in [0.29, 0.717) is 17.9 Å². The molecule has 0 amide bonds. The summed E-state index contributed by atoms with van der Waals surface area (Å²) in [4.78, 5) is 10.4. The standard InChI is InChI=1S/C10H18N4O/c1-8(7-14(2)3)12-10-11-6-5-9(13-10)15-4/h5-6,8H,7H2,1-4H3,(H,11,12,13). The Balaban J connectivity index is 2.55. The number of methoxy groups -OCH3 is 1. The zero-order valence-corrected chi connectivity index (χ0v) is 9.69. The van der Waals surface area contributed by atoms with Gasteiger partial charge in [-0.15, -0.1) is 0 Å². The van der Waals surface area contributed by atoms with Crippen molar-refractivity contribution in [1.82, 2.24) is 14.9 Å². The van der Waals surface area contributed by atoms with Crippen LogP contribution in [0.15, 0.2) is 12.3 Å². The van der Waals surface area contributed by atoms with Crippen LogP contribution in [0.25, 0.3) is 0 Å². The third kappa shape index (κ3) is 4.12. The van der Waals surface area contributed by atoms with E-state index in [-0.39, 0.29) is 0 Å². The summed E-state index contributed by atoms with van der Waals surface area (Å²) in [6.07, 6.45) is 1.68. The number of nitrogens with one attached hydrogen (secondary N) is 1. The Labute approximate surface area is 90.5 Å². The monoisotopic (exact) mass is 210 g/mol. The zero-order valence-electron chi connectivity index (χ0n) is 9.69. The molecule has 1 N–H and O–H groups in total. The predicted molar refractivity (Wildman–Crippen MR) is 60.2 cm³/mol. The zero-order chi connectivity index (χ0) is 11.3. The highest BCUT2D eigenvalue weighted by Gasteiger charge is 2.05. The maximum atomic E-state index is 5.02. The van der Waals surface area contributed by atoms with Gasteiger partial charge in [0.25, 0.3) is 0 Å². The first-order chi connectivity index (χ1) is 7.11. The van der Waals surface area contributed by atoms with Gasteiger partial charge >= 0.3 is 0 Å². The number of aromatic nitrogens is 2. The first kappa shape index (κ1) is 11.7. The lowest BCUT2D eigenvalue weighted by Gasteiger charge is -2.18. The lowest BCUT2D eigenvalue weighted by Crippen LogP contribution is -2.30. The second-order valence-electron chi connectivity index (χ2n) is 3.73. The second kappa shape index (κ2) is 5.50. The van der Waals surface area contributed by atoms with Crippen molar-refractivity contribution in [2.75, 3.05) is 33.1 Å². The van der Waals surface area contributed by atoms with E-state index in [4.69, 9.17) is 4.74 Å². The normalized spacial score (nSPS) is 12.6. The van der Waals surface area contributed by atoms with Crippen LogP contribution >= 0.6 is 0 Å². The van der Waals surface area contributed by atoms with E-state index in [1.54, 1.807) is 19.4 Å². The molecule has 0 saturated heterocycles. The Bertz CT molecular complexity index is 303. The van der Waals surface area contributed by atoms with Gasteiger partial charge in [-0.05, 0) is 21.0 Å². The largest absolute Gasteiger partial charge is 0.481 e. The fraction of sp³-hybridized carbons (Fsp3) is 0.600. The summed E-state index contributed by atoms with van der Waals surface area (Å²) >= 11 is 0. The summed E-state index contributed by atoms with van der Waals surface area (Å²) in [5.74, 6) is 1.17. The van der Waals surface area contributed by atoms with Crippen molar-refractivity contribution in [2.24, 2.45) is 0 Å². The van der Waals surface area contributed by atoms with Crippen LogP contribution < -0.4 is 10.1 Å². The van der Waals surface area contributed by atoms with Crippen molar-refractivity contribution in [3.63, 3.8) is 0 Å². The first-order valence-electron chi connectivity index (χ1n) is 4.90. The number of rotatable bonds is 5. The van der Waals surface area contributed by atoms with E-state index in [1.165, 1.54) is 0 Å². The Morgan fingerprint density at radius 1 is 1.53 bits per heavy atom. The molecule has 0 spiro atoms. The highest BCUT2D eigenvalue weighted by atomic mass is 16.5. The van der Waals surface area contributed by atoms with Gasteiger partial charge < -0.3 is 15.0 Å². The fourth-order valence-corrected chi connectivity index (χ4v) is 1.34. The molecule has 15 heavy (non-hydrogen) atoms. The van der Waals surface area contributed by atoms with Gasteiger partial charge in [0.1, 0.15) is 0 Å². The molecule has 0 aromatic carbocycles. The summed E-state index contributed by atoms with van der Waals surface area (Å²) in [7, 11) is 5.66. The minimum atomic E-state index is 0.298. The lowest BCUT2D eigenvalue weighted by molar-refractivity contribution is 0.388. The van der Waals surface area contributed by atoms with Gasteiger partial charge in [0.2, 0.25) is 11.8 Å². The summed E-state index contributed by atoms with van der Waals surface area (Å²) in [5, 5.41) is 3.20. The molecule has 0 saturated carbocycles. The third-order valence-electron chi connectivity index (χ3n) is 1.85. The number of hydrogen-bond donors (Lipinski definition) is 1. The molecule has 0 aliphatic rings. The molecule has 0 aliphatic carbocycles. The molecule has 0 aliphatic heterocycles. The Morgan fingerprint density at radius 3 is 2.87 bits per heavy atom. The van der Waals surface area contributed by atoms with Crippen LogP contribution in [0.3, 0.4) is 0 Å². The number of nitrogens with zero attached hydrogens (tertiary/aromatic N) is 3. The molecule has 0 fully saturated rings. The minimum Gasteiger partial charge on any atom is -0.481 e. The lowest BCUT2D eigenvalue weighted by atomic mass is 10.3. The maximum Gasteiger partial charge on any atom is 0.226 e. The summed E-state index contributed by atoms with van der Waals surface area (Å²) in [6, 6.07) is 2.02. The van der Waals surface area contributed by atoms with E-state index in [9.17, 15) is 0 Å². The van der Waals surface area contributed by atoms with Gasteiger partial charge in [-0.25, -0.2) is 4.98 Å². The van der Waals surface area contributed by atoms with Crippen molar-refractivity contribution >= 4 is 5.95 Å². The SMILES string of the molecule is COc1ccnc(NC(C)CN(C)C)n1. The van der Waals surface area contributed by atoms with Crippen LogP contribution in [0, 0.1) is 0 Å². The van der Waals surface area contributed by atoms with Gasteiger partial charge in [0.15, 0.2) is 0 Å². The molecule has 0 bridgehead atoms. The van der Waals surface area contributed by atoms with E-state index in [2.05, 4.69) is 27.1 Å². The molecule has 1 heterocycles. The van der Waals surface area contributed by atoms with E-state index >= 15 is 0 Å². The summed E-state index contributed by atoms with van der Waals surface area (Å²) < 4.78 is 5.02. The van der Waals surface area contributed by atoms with E-state index in [1.807, 2.05) is 14.1 Å². The van der Waals surface area contributed by atoms with Gasteiger partial charge in [-0.2, -0.15) is 4.98 Å². The molecular formula is C10H18N4O. The van der Waals surface area contributed by atoms with Crippen LogP contribution in [0.5, 0.6) is 5.88 Å². The number of anilines is 1. The maximum absolute atomic E-state index is 5.02. The first-order valence-corrected chi connectivity index (χ1v) is 4.90. The van der Waals surface area contributed by atoms with E-state index < -0.39 is 0 Å². The predicted octanol–water partition coefficient (Wildman–Crippen LogP) is 0.847. The highest BCUT2D eigenvalue weighted by molar-refractivity contribution is 5.28. The number of likely N-dealkylation sites (N-methyl/N-ethyl adjacent to an activating group) is 1. The van der Waals surface area contributed by atoms with Crippen molar-refractivity contribution in [1.29, 1.82) is 0 Å². The molecule has 0 radical (unpaired) electrons. The molecule has 1 atom stereocenters. The van der Waals surface area contributed by atoms with Crippen molar-refractivity contribution in [2.45, 2.75) is 13.0 Å². The van der Waals surface area contributed by atoms with Crippen molar-refractivity contribution < 1.29 is 4.74 Å². The Hall–Kier alpha value is -1.36. The van der Waals surface area contributed by atoms with Crippen LogP contribution in [-0.2, 0) is 0 Å². The second-order valence-corrected chi connectivity index (χ2v) is 3.73. The molecule has 1 rings (SSSR count). The Morgan fingerprint density at radius 2 is 2.27 bits per heavy atom. The fourth-order valence-electron chi connectivity index (χ4n) is 1.34. The van der Waals surface area contributed by atoms with Crippen LogP contribution in [-0.4, -0.2) is 48.7 Å². The molecule has 5 nitrogen and oxygen atoms in total. The average molecular weight is 210 g/mol.